The largest absolute Gasteiger partial charge is 0.330 e. The fraction of sp³-hybridized carbons (Fsp3) is 0.0370. The summed E-state index contributed by atoms with van der Waals surface area (Å²) in [5, 5.41) is 16.4. The lowest BCUT2D eigenvalue weighted by Gasteiger charge is -2.44. The van der Waals surface area contributed by atoms with Crippen molar-refractivity contribution in [3.05, 3.63) is 302 Å². The molecule has 17 rings (SSSR count). The SMILES string of the molecule is CC1(N(c2ccc(-c3ccccc3)cc2)c2ccc(-c3ccc4c(c3)c3cc(-c5cc6ccccc6c6ccccc56)ccc3n4-c3ccccc3-c3ccc4c5ccccc5c5ccccc5c4c3)cc2)CC=Cc2c1sc1ccccc21. The lowest BCUT2D eigenvalue weighted by Crippen LogP contribution is -2.41. The van der Waals surface area contributed by atoms with E-state index in [2.05, 4.69) is 314 Å². The number of rotatable bonds is 8. The van der Waals surface area contributed by atoms with Crippen LogP contribution in [0.3, 0.4) is 0 Å². The molecular weight excluding hydrogens is 1030 g/mol. The van der Waals surface area contributed by atoms with Gasteiger partial charge >= 0.3 is 0 Å². The summed E-state index contributed by atoms with van der Waals surface area (Å²) in [5.74, 6) is 0. The highest BCUT2D eigenvalue weighted by Crippen LogP contribution is 2.52. The molecule has 0 fully saturated rings. The minimum atomic E-state index is -0.344. The van der Waals surface area contributed by atoms with Gasteiger partial charge in [0.15, 0.2) is 0 Å². The second-order valence-electron chi connectivity index (χ2n) is 22.9. The van der Waals surface area contributed by atoms with E-state index in [9.17, 15) is 0 Å². The first-order valence-corrected chi connectivity index (χ1v) is 30.0. The van der Waals surface area contributed by atoms with E-state index in [1.54, 1.807) is 0 Å². The van der Waals surface area contributed by atoms with E-state index in [0.717, 1.165) is 23.3 Å². The summed E-state index contributed by atoms with van der Waals surface area (Å²) in [4.78, 5) is 3.99. The highest BCUT2D eigenvalue weighted by Gasteiger charge is 2.40. The Morgan fingerprint density at radius 1 is 0.345 bits per heavy atom. The Hall–Kier alpha value is -10.3. The fourth-order valence-electron chi connectivity index (χ4n) is 14.2. The molecule has 2 nitrogen and oxygen atoms in total. The van der Waals surface area contributed by atoms with Crippen molar-refractivity contribution < 1.29 is 0 Å². The third kappa shape index (κ3) is 7.56. The number of nitrogens with zero attached hydrogens (tertiary/aromatic N) is 2. The quantitative estimate of drug-likeness (QED) is 0.138. The molecule has 1 aliphatic carbocycles. The number of aromatic nitrogens is 1. The van der Waals surface area contributed by atoms with E-state index in [1.807, 2.05) is 11.3 Å². The van der Waals surface area contributed by atoms with Crippen molar-refractivity contribution in [3.8, 4) is 50.2 Å². The molecule has 14 aromatic carbocycles. The second kappa shape index (κ2) is 19.1. The number of hydrogen-bond donors (Lipinski definition) is 0. The van der Waals surface area contributed by atoms with E-state index in [0.29, 0.717) is 0 Å². The molecule has 0 saturated carbocycles. The summed E-state index contributed by atoms with van der Waals surface area (Å²) in [7, 11) is 0. The Morgan fingerprint density at radius 3 is 1.50 bits per heavy atom. The van der Waals surface area contributed by atoms with Gasteiger partial charge in [-0.3, -0.25) is 0 Å². The van der Waals surface area contributed by atoms with Crippen molar-refractivity contribution in [1.29, 1.82) is 0 Å². The fourth-order valence-corrected chi connectivity index (χ4v) is 15.5. The van der Waals surface area contributed by atoms with Crippen LogP contribution < -0.4 is 4.90 Å². The molecule has 1 aliphatic rings. The average Bonchev–Trinajstić information content (AvgIpc) is 3.15. The summed E-state index contributed by atoms with van der Waals surface area (Å²) in [6.07, 6.45) is 5.61. The standard InChI is InChI=1S/C81H54N2S/c1-81(47-17-30-71-70-29-14-16-32-79(70)84-80(71)81)83(59-40-33-53(34-41-59)52-18-3-2-4-19-52)60-42-35-54(36-43-60)55-38-45-77-74(48-55)75-51-58(72-49-56-20-5-6-21-61(56)63-23-7-11-27-67(63)72)39-46-78(75)82(77)76-31-15-13-22-62(76)57-37-44-69-66-26-9-8-24-64(66)65-25-10-12-28-68(65)73(69)50-57/h2-46,48-51H,47H2,1H3. The van der Waals surface area contributed by atoms with Gasteiger partial charge in [-0.1, -0.05) is 224 Å². The molecule has 3 heteroatoms. The third-order valence-corrected chi connectivity index (χ3v) is 19.6. The summed E-state index contributed by atoms with van der Waals surface area (Å²) in [6, 6.07) is 106. The monoisotopic (exact) mass is 1090 g/mol. The van der Waals surface area contributed by atoms with Crippen molar-refractivity contribution >= 4 is 115 Å². The minimum Gasteiger partial charge on any atom is -0.330 e. The molecule has 1 unspecified atom stereocenters. The zero-order chi connectivity index (χ0) is 55.5. The zero-order valence-corrected chi connectivity index (χ0v) is 47.1. The van der Waals surface area contributed by atoms with Crippen molar-refractivity contribution in [2.45, 2.75) is 18.9 Å². The number of hydrogen-bond acceptors (Lipinski definition) is 2. The Labute approximate surface area is 491 Å². The second-order valence-corrected chi connectivity index (χ2v) is 23.9. The maximum atomic E-state index is 2.59. The molecule has 394 valence electrons. The molecule has 0 amide bonds. The Bertz CT molecular complexity index is 5320. The van der Waals surface area contributed by atoms with E-state index < -0.39 is 0 Å². The molecular formula is C81H54N2S. The van der Waals surface area contributed by atoms with Gasteiger partial charge in [0.25, 0.3) is 0 Å². The molecule has 0 bridgehead atoms. The lowest BCUT2D eigenvalue weighted by atomic mass is 9.84. The molecule has 2 aromatic heterocycles. The summed E-state index contributed by atoms with van der Waals surface area (Å²) < 4.78 is 3.84. The normalized spacial score (nSPS) is 14.2. The van der Waals surface area contributed by atoms with Gasteiger partial charge < -0.3 is 9.47 Å². The molecule has 0 saturated heterocycles. The van der Waals surface area contributed by atoms with Crippen LogP contribution in [0.25, 0.3) is 142 Å². The number of thiophene rings is 1. The van der Waals surface area contributed by atoms with Crippen LogP contribution in [0.1, 0.15) is 23.8 Å². The average molecular weight is 1090 g/mol. The molecule has 0 aliphatic heterocycles. The van der Waals surface area contributed by atoms with E-state index in [4.69, 9.17) is 0 Å². The Kier molecular flexibility index (Phi) is 11.0. The minimum absolute atomic E-state index is 0.344. The van der Waals surface area contributed by atoms with E-state index >= 15 is 0 Å². The van der Waals surface area contributed by atoms with Crippen molar-refractivity contribution in [2.24, 2.45) is 0 Å². The zero-order valence-electron chi connectivity index (χ0n) is 46.3. The maximum absolute atomic E-state index is 2.59. The number of benzene rings is 14. The van der Waals surface area contributed by atoms with Gasteiger partial charge in [-0.05, 0) is 185 Å². The first-order chi connectivity index (χ1) is 41.5. The highest BCUT2D eigenvalue weighted by atomic mass is 32.1. The topological polar surface area (TPSA) is 8.17 Å². The van der Waals surface area contributed by atoms with Gasteiger partial charge in [0.2, 0.25) is 0 Å². The number of anilines is 2. The number of fused-ring (bicyclic) bond motifs is 15. The van der Waals surface area contributed by atoms with Crippen LogP contribution in [0.15, 0.2) is 291 Å². The molecule has 0 N–H and O–H groups in total. The van der Waals surface area contributed by atoms with Crippen LogP contribution in [0, 0.1) is 0 Å². The van der Waals surface area contributed by atoms with Gasteiger partial charge in [-0.15, -0.1) is 11.3 Å². The maximum Gasteiger partial charge on any atom is 0.0807 e. The molecule has 16 aromatic rings. The van der Waals surface area contributed by atoms with Gasteiger partial charge in [0.1, 0.15) is 0 Å². The van der Waals surface area contributed by atoms with Crippen LogP contribution in [0.4, 0.5) is 11.4 Å². The Morgan fingerprint density at radius 2 is 0.810 bits per heavy atom. The van der Waals surface area contributed by atoms with Crippen LogP contribution in [0.2, 0.25) is 0 Å². The molecule has 84 heavy (non-hydrogen) atoms. The smallest absolute Gasteiger partial charge is 0.0807 e. The summed E-state index contributed by atoms with van der Waals surface area (Å²) in [6.45, 7) is 2.43. The predicted molar refractivity (Wildman–Crippen MR) is 361 cm³/mol. The van der Waals surface area contributed by atoms with Crippen molar-refractivity contribution in [3.63, 3.8) is 0 Å². The first-order valence-electron chi connectivity index (χ1n) is 29.2. The van der Waals surface area contributed by atoms with Crippen LogP contribution in [-0.4, -0.2) is 4.57 Å². The van der Waals surface area contributed by atoms with Gasteiger partial charge in [0.05, 0.1) is 22.3 Å². The van der Waals surface area contributed by atoms with Crippen molar-refractivity contribution in [2.75, 3.05) is 4.90 Å². The molecule has 1 atom stereocenters. The molecule has 0 radical (unpaired) electrons. The third-order valence-electron chi connectivity index (χ3n) is 18.2. The number of para-hydroxylation sites is 1. The lowest BCUT2D eigenvalue weighted by molar-refractivity contribution is 0.494. The molecule has 0 spiro atoms. The van der Waals surface area contributed by atoms with Crippen LogP contribution in [-0.2, 0) is 5.54 Å². The predicted octanol–water partition coefficient (Wildman–Crippen LogP) is 22.9. The van der Waals surface area contributed by atoms with E-state index in [-0.39, 0.29) is 5.54 Å². The Balaban J connectivity index is 0.838. The van der Waals surface area contributed by atoms with Crippen LogP contribution >= 0.6 is 11.3 Å². The summed E-state index contributed by atoms with van der Waals surface area (Å²) >= 11 is 1.93. The molecule has 2 heterocycles. The van der Waals surface area contributed by atoms with Gasteiger partial charge in [0, 0.05) is 42.7 Å². The van der Waals surface area contributed by atoms with Gasteiger partial charge in [-0.25, -0.2) is 0 Å². The van der Waals surface area contributed by atoms with E-state index in [1.165, 1.54) is 141 Å². The highest BCUT2D eigenvalue weighted by molar-refractivity contribution is 7.19. The van der Waals surface area contributed by atoms with Gasteiger partial charge in [-0.2, -0.15) is 0 Å². The van der Waals surface area contributed by atoms with Crippen LogP contribution in [0.5, 0.6) is 0 Å². The first kappa shape index (κ1) is 48.4. The van der Waals surface area contributed by atoms with Crippen molar-refractivity contribution in [1.82, 2.24) is 4.57 Å². The summed E-state index contributed by atoms with van der Waals surface area (Å²) in [5.41, 5.74) is 16.4.